The molecule has 26 heavy (non-hydrogen) atoms. The number of hydrogen-bond donors (Lipinski definition) is 1. The molecule has 0 aliphatic rings. The van der Waals surface area contributed by atoms with Crippen LogP contribution in [0, 0.1) is 0 Å². The molecule has 0 aromatic heterocycles. The molecule has 0 saturated heterocycles. The molecular formula is C18H17F3N2O3. The molecule has 2 rings (SSSR count). The first-order valence-corrected chi connectivity index (χ1v) is 7.58. The molecular weight excluding hydrogens is 349 g/mol. The van der Waals surface area contributed by atoms with Crippen molar-refractivity contribution in [2.75, 3.05) is 14.2 Å². The number of rotatable bonds is 6. The van der Waals surface area contributed by atoms with Gasteiger partial charge in [-0.3, -0.25) is 4.79 Å². The van der Waals surface area contributed by atoms with E-state index in [9.17, 15) is 18.0 Å². The van der Waals surface area contributed by atoms with Gasteiger partial charge in [-0.1, -0.05) is 35.5 Å². The summed E-state index contributed by atoms with van der Waals surface area (Å²) in [5.41, 5.74) is 0.276. The van der Waals surface area contributed by atoms with Gasteiger partial charge in [0.05, 0.1) is 5.56 Å². The van der Waals surface area contributed by atoms with Crippen molar-refractivity contribution in [2.24, 2.45) is 5.16 Å². The van der Waals surface area contributed by atoms with Gasteiger partial charge in [0.15, 0.2) is 5.71 Å². The van der Waals surface area contributed by atoms with Gasteiger partial charge in [0.2, 0.25) is 0 Å². The minimum absolute atomic E-state index is 0.0400. The summed E-state index contributed by atoms with van der Waals surface area (Å²) in [7, 11) is 2.76. The van der Waals surface area contributed by atoms with Crippen LogP contribution in [-0.4, -0.2) is 25.8 Å². The molecule has 0 atom stereocenters. The Kier molecular flexibility index (Phi) is 6.21. The predicted octanol–water partition coefficient (Wildman–Crippen LogP) is 3.38. The summed E-state index contributed by atoms with van der Waals surface area (Å²) in [6, 6.07) is 11.4. The molecule has 0 fully saturated rings. The van der Waals surface area contributed by atoms with Crippen molar-refractivity contribution < 1.29 is 27.5 Å². The van der Waals surface area contributed by atoms with Crippen LogP contribution in [-0.2, 0) is 22.4 Å². The van der Waals surface area contributed by atoms with Gasteiger partial charge in [-0.2, -0.15) is 13.2 Å². The SMILES string of the molecule is CNC(=O)/C(=N\OC)c1ccccc1COc1cccc(C(F)(F)F)c1. The summed E-state index contributed by atoms with van der Waals surface area (Å²) in [6.07, 6.45) is -4.45. The van der Waals surface area contributed by atoms with Crippen LogP contribution >= 0.6 is 0 Å². The fraction of sp³-hybridized carbons (Fsp3) is 0.222. The Balaban J connectivity index is 2.26. The van der Waals surface area contributed by atoms with E-state index >= 15 is 0 Å². The van der Waals surface area contributed by atoms with Gasteiger partial charge in [0.25, 0.3) is 5.91 Å². The quantitative estimate of drug-likeness (QED) is 0.630. The fourth-order valence-corrected chi connectivity index (χ4v) is 2.22. The van der Waals surface area contributed by atoms with Gasteiger partial charge in [-0.15, -0.1) is 0 Å². The maximum Gasteiger partial charge on any atom is 0.416 e. The molecule has 2 aromatic rings. The average Bonchev–Trinajstić information content (AvgIpc) is 2.64. The molecule has 0 spiro atoms. The number of ether oxygens (including phenoxy) is 1. The number of hydrogen-bond acceptors (Lipinski definition) is 4. The molecule has 0 saturated carbocycles. The van der Waals surface area contributed by atoms with Crippen LogP contribution in [0.25, 0.3) is 0 Å². The zero-order valence-electron chi connectivity index (χ0n) is 14.1. The highest BCUT2D eigenvalue weighted by Crippen LogP contribution is 2.31. The molecule has 5 nitrogen and oxygen atoms in total. The first-order chi connectivity index (χ1) is 12.4. The van der Waals surface area contributed by atoms with Gasteiger partial charge in [-0.25, -0.2) is 0 Å². The van der Waals surface area contributed by atoms with Crippen molar-refractivity contribution in [3.8, 4) is 5.75 Å². The van der Waals surface area contributed by atoms with E-state index in [1.807, 2.05) is 0 Å². The molecule has 2 aromatic carbocycles. The van der Waals surface area contributed by atoms with E-state index in [2.05, 4.69) is 10.5 Å². The fourth-order valence-electron chi connectivity index (χ4n) is 2.22. The van der Waals surface area contributed by atoms with Crippen LogP contribution in [0.3, 0.4) is 0 Å². The second-order valence-electron chi connectivity index (χ2n) is 5.17. The van der Waals surface area contributed by atoms with Crippen LogP contribution in [0.15, 0.2) is 53.7 Å². The normalized spacial score (nSPS) is 11.8. The van der Waals surface area contributed by atoms with E-state index in [0.29, 0.717) is 11.1 Å². The lowest BCUT2D eigenvalue weighted by molar-refractivity contribution is -0.137. The number of benzene rings is 2. The molecule has 0 bridgehead atoms. The highest BCUT2D eigenvalue weighted by molar-refractivity contribution is 6.45. The molecule has 138 valence electrons. The third-order valence-corrected chi connectivity index (χ3v) is 3.45. The van der Waals surface area contributed by atoms with Crippen LogP contribution < -0.4 is 10.1 Å². The highest BCUT2D eigenvalue weighted by atomic mass is 19.4. The maximum atomic E-state index is 12.8. The van der Waals surface area contributed by atoms with Gasteiger partial charge in [-0.05, 0) is 23.8 Å². The monoisotopic (exact) mass is 366 g/mol. The molecule has 1 N–H and O–H groups in total. The number of nitrogens with zero attached hydrogens (tertiary/aromatic N) is 1. The maximum absolute atomic E-state index is 12.8. The molecule has 0 radical (unpaired) electrons. The largest absolute Gasteiger partial charge is 0.489 e. The Labute approximate surface area is 148 Å². The second kappa shape index (κ2) is 8.37. The highest BCUT2D eigenvalue weighted by Gasteiger charge is 2.30. The molecule has 1 amide bonds. The summed E-state index contributed by atoms with van der Waals surface area (Å²) < 4.78 is 43.8. The van der Waals surface area contributed by atoms with E-state index in [-0.39, 0.29) is 18.1 Å². The first kappa shape index (κ1) is 19.3. The molecule has 0 aliphatic carbocycles. The van der Waals surface area contributed by atoms with Crippen molar-refractivity contribution in [2.45, 2.75) is 12.8 Å². The Bertz CT molecular complexity index is 804. The minimum atomic E-state index is -4.45. The van der Waals surface area contributed by atoms with Crippen LogP contribution in [0.4, 0.5) is 13.2 Å². The predicted molar refractivity (Wildman–Crippen MR) is 89.8 cm³/mol. The number of carbonyl (C=O) groups is 1. The van der Waals surface area contributed by atoms with E-state index in [4.69, 9.17) is 9.57 Å². The third-order valence-electron chi connectivity index (χ3n) is 3.45. The topological polar surface area (TPSA) is 59.9 Å². The average molecular weight is 366 g/mol. The number of oxime groups is 1. The number of amides is 1. The van der Waals surface area contributed by atoms with Crippen LogP contribution in [0.2, 0.25) is 0 Å². The number of carbonyl (C=O) groups excluding carboxylic acids is 1. The Hall–Kier alpha value is -3.03. The lowest BCUT2D eigenvalue weighted by Crippen LogP contribution is -2.29. The lowest BCUT2D eigenvalue weighted by atomic mass is 10.0. The van der Waals surface area contributed by atoms with Crippen LogP contribution in [0.1, 0.15) is 16.7 Å². The van der Waals surface area contributed by atoms with Crippen molar-refractivity contribution in [3.05, 3.63) is 65.2 Å². The summed E-state index contributed by atoms with van der Waals surface area (Å²) in [5.74, 6) is -0.391. The van der Waals surface area contributed by atoms with Gasteiger partial charge >= 0.3 is 6.18 Å². The number of halogens is 3. The Morgan fingerprint density at radius 3 is 2.54 bits per heavy atom. The summed E-state index contributed by atoms with van der Waals surface area (Å²) >= 11 is 0. The summed E-state index contributed by atoms with van der Waals surface area (Å²) in [6.45, 7) is -0.0444. The van der Waals surface area contributed by atoms with Crippen LogP contribution in [0.5, 0.6) is 5.75 Å². The first-order valence-electron chi connectivity index (χ1n) is 7.58. The molecule has 0 aliphatic heterocycles. The zero-order chi connectivity index (χ0) is 19.2. The molecule has 0 heterocycles. The van der Waals surface area contributed by atoms with Crippen molar-refractivity contribution in [3.63, 3.8) is 0 Å². The second-order valence-corrected chi connectivity index (χ2v) is 5.17. The van der Waals surface area contributed by atoms with Crippen molar-refractivity contribution >= 4 is 11.6 Å². The zero-order valence-corrected chi connectivity index (χ0v) is 14.1. The summed E-state index contributed by atoms with van der Waals surface area (Å²) in [4.78, 5) is 16.7. The number of nitrogens with one attached hydrogen (secondary N) is 1. The standard InChI is InChI=1S/C18H17F3N2O3/c1-22-17(24)16(23-25-2)15-9-4-3-6-12(15)11-26-14-8-5-7-13(10-14)18(19,20)21/h3-10H,11H2,1-2H3,(H,22,24)/b23-16-. The van der Waals surface area contributed by atoms with Gasteiger partial charge in [0.1, 0.15) is 19.5 Å². The van der Waals surface area contributed by atoms with Crippen molar-refractivity contribution in [1.82, 2.24) is 5.32 Å². The number of likely N-dealkylation sites (N-methyl/N-ethyl adjacent to an activating group) is 1. The van der Waals surface area contributed by atoms with Gasteiger partial charge < -0.3 is 14.9 Å². The van der Waals surface area contributed by atoms with Gasteiger partial charge in [0, 0.05) is 12.6 Å². The lowest BCUT2D eigenvalue weighted by Gasteiger charge is -2.13. The van der Waals surface area contributed by atoms with E-state index in [1.54, 1.807) is 24.3 Å². The summed E-state index contributed by atoms with van der Waals surface area (Å²) in [5, 5.41) is 6.19. The molecule has 8 heteroatoms. The molecule has 0 unspecified atom stereocenters. The van der Waals surface area contributed by atoms with E-state index < -0.39 is 17.6 Å². The third kappa shape index (κ3) is 4.75. The number of alkyl halides is 3. The van der Waals surface area contributed by atoms with E-state index in [1.165, 1.54) is 26.3 Å². The Morgan fingerprint density at radius 1 is 1.15 bits per heavy atom. The Morgan fingerprint density at radius 2 is 1.88 bits per heavy atom. The van der Waals surface area contributed by atoms with Crippen molar-refractivity contribution in [1.29, 1.82) is 0 Å². The smallest absolute Gasteiger partial charge is 0.416 e. The minimum Gasteiger partial charge on any atom is -0.489 e. The van der Waals surface area contributed by atoms with E-state index in [0.717, 1.165) is 12.1 Å².